The Kier molecular flexibility index (Phi) is 8.63. The Labute approximate surface area is 114 Å². The highest BCUT2D eigenvalue weighted by Crippen LogP contribution is 2.39. The van der Waals surface area contributed by atoms with Crippen molar-refractivity contribution >= 4 is 0 Å². The minimum absolute atomic E-state index is 1.16. The summed E-state index contributed by atoms with van der Waals surface area (Å²) in [4.78, 5) is 0. The third-order valence-electron chi connectivity index (χ3n) is 4.35. The second-order valence-electron chi connectivity index (χ2n) is 5.52. The van der Waals surface area contributed by atoms with Crippen molar-refractivity contribution in [2.75, 3.05) is 0 Å². The largest absolute Gasteiger partial charge is 0.106 e. The fraction of sp³-hybridized carbons (Fsp3) is 0.667. The van der Waals surface area contributed by atoms with E-state index < -0.39 is 0 Å². The zero-order valence-electron chi connectivity index (χ0n) is 11.9. The van der Waals surface area contributed by atoms with E-state index in [2.05, 4.69) is 37.5 Å². The predicted molar refractivity (Wildman–Crippen MR) is 82.7 cm³/mol. The van der Waals surface area contributed by atoms with Gasteiger partial charge in [-0.2, -0.15) is 0 Å². The fourth-order valence-electron chi connectivity index (χ4n) is 3.40. The maximum Gasteiger partial charge on any atom is -0.0313 e. The smallest absolute Gasteiger partial charge is 0.0313 e. The maximum absolute atomic E-state index is 3.00. The summed E-state index contributed by atoms with van der Waals surface area (Å²) in [5.41, 5.74) is 0. The highest BCUT2D eigenvalue weighted by molar-refractivity contribution is 5.07. The molecule has 0 saturated heterocycles. The molecule has 0 N–H and O–H groups in total. The molecule has 0 radical (unpaired) electrons. The average Bonchev–Trinajstić information content (AvgIpc) is 2.52. The molecule has 0 heterocycles. The van der Waals surface area contributed by atoms with Gasteiger partial charge in [0, 0.05) is 0 Å². The molecule has 0 aromatic heterocycles. The van der Waals surface area contributed by atoms with Crippen molar-refractivity contribution < 1.29 is 0 Å². The van der Waals surface area contributed by atoms with E-state index in [9.17, 15) is 0 Å². The lowest BCUT2D eigenvalue weighted by Gasteiger charge is -2.35. The van der Waals surface area contributed by atoms with Gasteiger partial charge in [0.05, 0.1) is 0 Å². The molecule has 0 heteroatoms. The van der Waals surface area contributed by atoms with Gasteiger partial charge >= 0.3 is 0 Å². The third-order valence-corrected chi connectivity index (χ3v) is 4.35. The molecule has 18 heavy (non-hydrogen) atoms. The van der Waals surface area contributed by atoms with Crippen LogP contribution in [-0.2, 0) is 0 Å². The first-order chi connectivity index (χ1) is 8.97. The lowest BCUT2D eigenvalue weighted by Crippen LogP contribution is -2.22. The van der Waals surface area contributed by atoms with Gasteiger partial charge in [-0.25, -0.2) is 0 Å². The first kappa shape index (κ1) is 15.3. The van der Waals surface area contributed by atoms with E-state index in [1.165, 1.54) is 38.5 Å². The number of hydrogen-bond acceptors (Lipinski definition) is 0. The van der Waals surface area contributed by atoms with Crippen LogP contribution < -0.4 is 0 Å². The molecule has 3 rings (SSSR count). The minimum Gasteiger partial charge on any atom is -0.106 e. The van der Waals surface area contributed by atoms with E-state index in [4.69, 9.17) is 0 Å². The van der Waals surface area contributed by atoms with Crippen molar-refractivity contribution in [2.45, 2.75) is 64.2 Å². The molecule has 2 fully saturated rings. The maximum atomic E-state index is 3.00. The first-order valence-corrected chi connectivity index (χ1v) is 7.78. The standard InChI is InChI=1S/C10H18.C6H8.C2H4/c1-2-6-10-8-4-3-7-9(10)5-1;1-2-4-6-5-3-1;1-2/h9-10H,1-8H2;1-4H,5-6H2;1-2H2. The predicted octanol–water partition coefficient (Wildman–Crippen LogP) is 6.06. The van der Waals surface area contributed by atoms with Crippen LogP contribution in [0.25, 0.3) is 0 Å². The molecular weight excluding hydrogens is 216 g/mol. The minimum atomic E-state index is 1.16. The summed E-state index contributed by atoms with van der Waals surface area (Å²) >= 11 is 0. The molecule has 0 spiro atoms. The molecule has 0 aromatic rings. The van der Waals surface area contributed by atoms with Crippen molar-refractivity contribution in [2.24, 2.45) is 11.8 Å². The number of fused-ring (bicyclic) bond motifs is 1. The van der Waals surface area contributed by atoms with Crippen LogP contribution in [0.15, 0.2) is 37.5 Å². The topological polar surface area (TPSA) is 0 Å². The van der Waals surface area contributed by atoms with Crippen molar-refractivity contribution in [3.05, 3.63) is 37.5 Å². The van der Waals surface area contributed by atoms with E-state index in [1.54, 1.807) is 25.7 Å². The Morgan fingerprint density at radius 3 is 1.17 bits per heavy atom. The Balaban J connectivity index is 0.000000174. The zero-order chi connectivity index (χ0) is 13.1. The lowest BCUT2D eigenvalue weighted by atomic mass is 9.71. The molecule has 0 amide bonds. The van der Waals surface area contributed by atoms with Crippen LogP contribution in [0, 0.1) is 11.8 Å². The fourth-order valence-corrected chi connectivity index (χ4v) is 3.40. The summed E-state index contributed by atoms with van der Waals surface area (Å²) in [7, 11) is 0. The first-order valence-electron chi connectivity index (χ1n) is 7.78. The quantitative estimate of drug-likeness (QED) is 0.456. The molecule has 102 valence electrons. The lowest BCUT2D eigenvalue weighted by molar-refractivity contribution is 0.171. The van der Waals surface area contributed by atoms with Crippen molar-refractivity contribution in [3.63, 3.8) is 0 Å². The van der Waals surface area contributed by atoms with Crippen molar-refractivity contribution in [3.8, 4) is 0 Å². The highest BCUT2D eigenvalue weighted by Gasteiger charge is 2.26. The highest BCUT2D eigenvalue weighted by atomic mass is 14.3. The van der Waals surface area contributed by atoms with E-state index in [-0.39, 0.29) is 0 Å². The molecule has 2 saturated carbocycles. The Hall–Kier alpha value is -0.780. The van der Waals surface area contributed by atoms with Gasteiger partial charge in [-0.3, -0.25) is 0 Å². The van der Waals surface area contributed by atoms with E-state index in [0.29, 0.717) is 0 Å². The Morgan fingerprint density at radius 1 is 0.611 bits per heavy atom. The summed E-state index contributed by atoms with van der Waals surface area (Å²) in [6.45, 7) is 6.00. The summed E-state index contributed by atoms with van der Waals surface area (Å²) < 4.78 is 0. The number of hydrogen-bond donors (Lipinski definition) is 0. The number of allylic oxidation sites excluding steroid dienone is 4. The molecular formula is C18H30. The Morgan fingerprint density at radius 2 is 0.944 bits per heavy atom. The summed E-state index contributed by atoms with van der Waals surface area (Å²) in [5.74, 6) is 2.31. The van der Waals surface area contributed by atoms with Crippen LogP contribution >= 0.6 is 0 Å². The summed E-state index contributed by atoms with van der Waals surface area (Å²) in [6.07, 6.45) is 23.4. The third kappa shape index (κ3) is 5.71. The Bertz CT molecular complexity index is 211. The molecule has 0 aromatic carbocycles. The molecule has 0 unspecified atom stereocenters. The van der Waals surface area contributed by atoms with E-state index in [1.807, 2.05) is 0 Å². The van der Waals surface area contributed by atoms with Crippen LogP contribution in [0.2, 0.25) is 0 Å². The number of rotatable bonds is 0. The van der Waals surface area contributed by atoms with Gasteiger partial charge in [0.2, 0.25) is 0 Å². The van der Waals surface area contributed by atoms with Gasteiger partial charge in [0.15, 0.2) is 0 Å². The van der Waals surface area contributed by atoms with Crippen LogP contribution in [0.5, 0.6) is 0 Å². The molecule has 0 nitrogen and oxygen atoms in total. The van der Waals surface area contributed by atoms with Gasteiger partial charge in [0.25, 0.3) is 0 Å². The van der Waals surface area contributed by atoms with Crippen LogP contribution in [-0.4, -0.2) is 0 Å². The van der Waals surface area contributed by atoms with E-state index >= 15 is 0 Å². The molecule has 3 aliphatic carbocycles. The molecule has 0 atom stereocenters. The SMILES string of the molecule is C1=CCCC=C1.C1CCC2CCCCC2C1.C=C. The molecule has 3 aliphatic rings. The average molecular weight is 246 g/mol. The van der Waals surface area contributed by atoms with Crippen LogP contribution in [0.4, 0.5) is 0 Å². The van der Waals surface area contributed by atoms with Crippen LogP contribution in [0.1, 0.15) is 64.2 Å². The molecule has 0 aliphatic heterocycles. The van der Waals surface area contributed by atoms with E-state index in [0.717, 1.165) is 11.8 Å². The van der Waals surface area contributed by atoms with Gasteiger partial charge in [-0.05, 0) is 24.7 Å². The second kappa shape index (κ2) is 10.2. The van der Waals surface area contributed by atoms with Gasteiger partial charge in [-0.1, -0.05) is 75.7 Å². The zero-order valence-corrected chi connectivity index (χ0v) is 11.9. The monoisotopic (exact) mass is 246 g/mol. The van der Waals surface area contributed by atoms with Gasteiger partial charge < -0.3 is 0 Å². The van der Waals surface area contributed by atoms with Crippen molar-refractivity contribution in [1.29, 1.82) is 0 Å². The van der Waals surface area contributed by atoms with Gasteiger partial charge in [-0.15, -0.1) is 13.2 Å². The van der Waals surface area contributed by atoms with Gasteiger partial charge in [0.1, 0.15) is 0 Å². The molecule has 0 bridgehead atoms. The summed E-state index contributed by atoms with van der Waals surface area (Å²) in [5, 5.41) is 0. The normalized spacial score (nSPS) is 29.1. The summed E-state index contributed by atoms with van der Waals surface area (Å²) in [6, 6.07) is 0. The van der Waals surface area contributed by atoms with Crippen molar-refractivity contribution in [1.82, 2.24) is 0 Å². The van der Waals surface area contributed by atoms with Crippen LogP contribution in [0.3, 0.4) is 0 Å². The second-order valence-corrected chi connectivity index (χ2v) is 5.52.